The summed E-state index contributed by atoms with van der Waals surface area (Å²) in [5, 5.41) is 11.1. The van der Waals surface area contributed by atoms with Gasteiger partial charge >= 0.3 is 0 Å². The molecule has 112 valence electrons. The van der Waals surface area contributed by atoms with Gasteiger partial charge < -0.3 is 4.98 Å². The summed E-state index contributed by atoms with van der Waals surface area (Å²) < 4.78 is 0. The van der Waals surface area contributed by atoms with Crippen LogP contribution < -0.4 is 0 Å². The predicted molar refractivity (Wildman–Crippen MR) is 95.6 cm³/mol. The number of aromatic nitrogens is 3. The Labute approximate surface area is 137 Å². The van der Waals surface area contributed by atoms with E-state index in [0.29, 0.717) is 5.13 Å². The third-order valence-electron chi connectivity index (χ3n) is 3.65. The fourth-order valence-corrected chi connectivity index (χ4v) is 3.10. The Morgan fingerprint density at radius 3 is 2.74 bits per heavy atom. The zero-order chi connectivity index (χ0) is 15.6. The van der Waals surface area contributed by atoms with E-state index >= 15 is 0 Å². The number of rotatable bonds is 3. The van der Waals surface area contributed by atoms with Crippen LogP contribution in [0.4, 0.5) is 5.13 Å². The number of nitrogens with one attached hydrogen (secondary N) is 1. The second kappa shape index (κ2) is 5.78. The summed E-state index contributed by atoms with van der Waals surface area (Å²) in [5.74, 6) is 0. The van der Waals surface area contributed by atoms with E-state index in [1.807, 2.05) is 30.6 Å². The monoisotopic (exact) mass is 318 g/mol. The Kier molecular flexibility index (Phi) is 3.48. The lowest BCUT2D eigenvalue weighted by Gasteiger charge is -1.94. The molecular weight excluding hydrogens is 304 g/mol. The molecule has 2 aromatic carbocycles. The highest BCUT2D eigenvalue weighted by molar-refractivity contribution is 7.18. The van der Waals surface area contributed by atoms with Crippen molar-refractivity contribution in [2.45, 2.75) is 6.92 Å². The molecule has 0 aliphatic heterocycles. The maximum Gasteiger partial charge on any atom is 0.231 e. The van der Waals surface area contributed by atoms with Gasteiger partial charge in [-0.25, -0.2) is 4.99 Å². The van der Waals surface area contributed by atoms with Crippen LogP contribution in [0, 0.1) is 6.92 Å². The molecule has 0 aliphatic rings. The molecule has 2 aromatic heterocycles. The van der Waals surface area contributed by atoms with Crippen molar-refractivity contribution >= 4 is 33.6 Å². The van der Waals surface area contributed by atoms with Crippen LogP contribution in [0.25, 0.3) is 21.5 Å². The molecule has 0 aliphatic carbocycles. The molecule has 0 saturated heterocycles. The first-order valence-electron chi connectivity index (χ1n) is 7.30. The summed E-state index contributed by atoms with van der Waals surface area (Å²) in [5.41, 5.74) is 4.46. The van der Waals surface area contributed by atoms with E-state index in [0.717, 1.165) is 27.0 Å². The first-order chi connectivity index (χ1) is 11.3. The SMILES string of the molecule is Cc1ccc(-c2nnc(/N=C\c3c[nH]c4ccccc34)s2)cc1. The second-order valence-corrected chi connectivity index (χ2v) is 6.26. The molecule has 0 bridgehead atoms. The zero-order valence-electron chi connectivity index (χ0n) is 12.5. The average molecular weight is 318 g/mol. The van der Waals surface area contributed by atoms with Crippen molar-refractivity contribution in [2.24, 2.45) is 4.99 Å². The molecular formula is C18H14N4S. The minimum Gasteiger partial charge on any atom is -0.361 e. The highest BCUT2D eigenvalue weighted by Gasteiger charge is 2.06. The first-order valence-corrected chi connectivity index (χ1v) is 8.12. The average Bonchev–Trinajstić information content (AvgIpc) is 3.20. The summed E-state index contributed by atoms with van der Waals surface area (Å²) in [6.07, 6.45) is 3.79. The van der Waals surface area contributed by atoms with Gasteiger partial charge in [-0.15, -0.1) is 10.2 Å². The summed E-state index contributed by atoms with van der Waals surface area (Å²) in [7, 11) is 0. The molecule has 0 atom stereocenters. The van der Waals surface area contributed by atoms with Crippen LogP contribution >= 0.6 is 11.3 Å². The van der Waals surface area contributed by atoms with Crippen molar-refractivity contribution in [2.75, 3.05) is 0 Å². The molecule has 0 spiro atoms. The van der Waals surface area contributed by atoms with E-state index < -0.39 is 0 Å². The van der Waals surface area contributed by atoms with Crippen molar-refractivity contribution in [1.82, 2.24) is 15.2 Å². The number of aliphatic imine (C=N–C) groups is 1. The van der Waals surface area contributed by atoms with Gasteiger partial charge in [-0.1, -0.05) is 59.4 Å². The van der Waals surface area contributed by atoms with Crippen LogP contribution in [0.3, 0.4) is 0 Å². The standard InChI is InChI=1S/C18H14N4S/c1-12-6-8-13(9-7-12)17-21-22-18(23-17)20-11-14-10-19-16-5-3-2-4-15(14)16/h2-11,19H,1H3/b20-11-. The number of fused-ring (bicyclic) bond motifs is 1. The molecule has 0 unspecified atom stereocenters. The van der Waals surface area contributed by atoms with Crippen molar-refractivity contribution in [3.63, 3.8) is 0 Å². The highest BCUT2D eigenvalue weighted by Crippen LogP contribution is 2.28. The largest absolute Gasteiger partial charge is 0.361 e. The molecule has 4 nitrogen and oxygen atoms in total. The minimum absolute atomic E-state index is 0.658. The van der Waals surface area contributed by atoms with Crippen LogP contribution in [-0.4, -0.2) is 21.4 Å². The number of hydrogen-bond donors (Lipinski definition) is 1. The van der Waals surface area contributed by atoms with Crippen molar-refractivity contribution < 1.29 is 0 Å². The van der Waals surface area contributed by atoms with Crippen LogP contribution in [0.1, 0.15) is 11.1 Å². The lowest BCUT2D eigenvalue weighted by Crippen LogP contribution is -1.77. The second-order valence-electron chi connectivity index (χ2n) is 5.30. The fraction of sp³-hybridized carbons (Fsp3) is 0.0556. The molecule has 2 heterocycles. The van der Waals surface area contributed by atoms with Gasteiger partial charge in [0.05, 0.1) is 0 Å². The van der Waals surface area contributed by atoms with Crippen molar-refractivity contribution in [3.05, 3.63) is 65.9 Å². The van der Waals surface area contributed by atoms with Gasteiger partial charge in [-0.3, -0.25) is 0 Å². The van der Waals surface area contributed by atoms with Gasteiger partial charge in [0, 0.05) is 34.4 Å². The number of aryl methyl sites for hydroxylation is 1. The van der Waals surface area contributed by atoms with Crippen molar-refractivity contribution in [1.29, 1.82) is 0 Å². The summed E-state index contributed by atoms with van der Waals surface area (Å²) in [6, 6.07) is 16.4. The first kappa shape index (κ1) is 13.8. The van der Waals surface area contributed by atoms with Gasteiger partial charge in [0.15, 0.2) is 0 Å². The molecule has 0 amide bonds. The maximum absolute atomic E-state index is 4.46. The Morgan fingerprint density at radius 1 is 1.04 bits per heavy atom. The summed E-state index contributed by atoms with van der Waals surface area (Å²) in [4.78, 5) is 7.70. The number of H-pyrrole nitrogens is 1. The van der Waals surface area contributed by atoms with E-state index in [1.165, 1.54) is 16.9 Å². The van der Waals surface area contributed by atoms with E-state index in [4.69, 9.17) is 0 Å². The lowest BCUT2D eigenvalue weighted by molar-refractivity contribution is 1.09. The maximum atomic E-state index is 4.46. The smallest absolute Gasteiger partial charge is 0.231 e. The molecule has 5 heteroatoms. The molecule has 1 N–H and O–H groups in total. The molecule has 23 heavy (non-hydrogen) atoms. The van der Waals surface area contributed by atoms with Crippen molar-refractivity contribution in [3.8, 4) is 10.6 Å². The van der Waals surface area contributed by atoms with Gasteiger partial charge in [0.25, 0.3) is 0 Å². The lowest BCUT2D eigenvalue weighted by atomic mass is 10.2. The fourth-order valence-electron chi connectivity index (χ4n) is 2.41. The van der Waals surface area contributed by atoms with Gasteiger partial charge in [0.1, 0.15) is 5.01 Å². The minimum atomic E-state index is 0.658. The number of hydrogen-bond acceptors (Lipinski definition) is 4. The Hall–Kier alpha value is -2.79. The van der Waals surface area contributed by atoms with Crippen LogP contribution in [0.5, 0.6) is 0 Å². The predicted octanol–water partition coefficient (Wildman–Crippen LogP) is 4.75. The highest BCUT2D eigenvalue weighted by atomic mass is 32.1. The molecule has 0 fully saturated rings. The van der Waals surface area contributed by atoms with Crippen LogP contribution in [0.15, 0.2) is 59.7 Å². The van der Waals surface area contributed by atoms with Gasteiger partial charge in [0.2, 0.25) is 5.13 Å². The van der Waals surface area contributed by atoms with Gasteiger partial charge in [-0.05, 0) is 13.0 Å². The normalized spacial score (nSPS) is 11.5. The number of para-hydroxylation sites is 1. The number of aromatic amines is 1. The van der Waals surface area contributed by atoms with Crippen LogP contribution in [-0.2, 0) is 0 Å². The van der Waals surface area contributed by atoms with Crippen LogP contribution in [0.2, 0.25) is 0 Å². The quantitative estimate of drug-likeness (QED) is 0.554. The third kappa shape index (κ3) is 2.78. The van der Waals surface area contributed by atoms with Gasteiger partial charge in [-0.2, -0.15) is 0 Å². The number of benzene rings is 2. The Morgan fingerprint density at radius 2 is 1.87 bits per heavy atom. The van der Waals surface area contributed by atoms with E-state index in [2.05, 4.69) is 57.4 Å². The zero-order valence-corrected chi connectivity index (χ0v) is 13.3. The van der Waals surface area contributed by atoms with E-state index in [-0.39, 0.29) is 0 Å². The Bertz CT molecular complexity index is 980. The molecule has 4 rings (SSSR count). The topological polar surface area (TPSA) is 53.9 Å². The molecule has 4 aromatic rings. The molecule has 0 radical (unpaired) electrons. The summed E-state index contributed by atoms with van der Waals surface area (Å²) >= 11 is 1.49. The van der Waals surface area contributed by atoms with E-state index in [1.54, 1.807) is 0 Å². The summed E-state index contributed by atoms with van der Waals surface area (Å²) in [6.45, 7) is 2.07. The number of nitrogens with zero attached hydrogens (tertiary/aromatic N) is 3. The molecule has 0 saturated carbocycles. The van der Waals surface area contributed by atoms with E-state index in [9.17, 15) is 0 Å². The Balaban J connectivity index is 1.61. The third-order valence-corrected chi connectivity index (χ3v) is 4.53.